The van der Waals surface area contributed by atoms with Gasteiger partial charge in [-0.3, -0.25) is 0 Å². The number of aromatic amines is 1. The molecule has 0 aliphatic carbocycles. The molecular formula is C57H42N4O. The second-order valence-corrected chi connectivity index (χ2v) is 15.0. The second kappa shape index (κ2) is 17.4. The number of aromatic nitrogens is 1. The van der Waals surface area contributed by atoms with Gasteiger partial charge in [-0.25, -0.2) is 0 Å². The van der Waals surface area contributed by atoms with Crippen molar-refractivity contribution in [3.8, 4) is 44.6 Å². The zero-order chi connectivity index (χ0) is 41.5. The molecule has 0 saturated heterocycles. The Labute approximate surface area is 361 Å². The van der Waals surface area contributed by atoms with E-state index in [-0.39, 0.29) is 0 Å². The first-order valence-corrected chi connectivity index (χ1v) is 20.8. The normalized spacial score (nSPS) is 11.3. The van der Waals surface area contributed by atoms with E-state index in [9.17, 15) is 0 Å². The third-order valence-electron chi connectivity index (χ3n) is 11.0. The fraction of sp³-hybridized carbons (Fsp3) is 0. The van der Waals surface area contributed by atoms with E-state index in [1.165, 1.54) is 0 Å². The Morgan fingerprint density at radius 2 is 0.694 bits per heavy atom. The van der Waals surface area contributed by atoms with Gasteiger partial charge in [-0.15, -0.1) is 0 Å². The number of para-hydroxylation sites is 4. The van der Waals surface area contributed by atoms with Crippen LogP contribution in [0.2, 0.25) is 0 Å². The van der Waals surface area contributed by atoms with E-state index in [1.54, 1.807) is 0 Å². The average Bonchev–Trinajstić information content (AvgIpc) is 3.78. The zero-order valence-corrected chi connectivity index (χ0v) is 33.9. The average molecular weight is 799 g/mol. The number of anilines is 6. The lowest BCUT2D eigenvalue weighted by Gasteiger charge is -2.25. The summed E-state index contributed by atoms with van der Waals surface area (Å²) in [5.41, 5.74) is 15.0. The van der Waals surface area contributed by atoms with E-state index < -0.39 is 0 Å². The van der Waals surface area contributed by atoms with Crippen molar-refractivity contribution in [3.63, 3.8) is 0 Å². The molecule has 296 valence electrons. The van der Waals surface area contributed by atoms with Crippen LogP contribution in [0.1, 0.15) is 0 Å². The first-order chi connectivity index (χ1) is 30.7. The van der Waals surface area contributed by atoms with Crippen molar-refractivity contribution >= 4 is 39.9 Å². The molecule has 0 bridgehead atoms. The molecule has 2 aromatic heterocycles. The van der Waals surface area contributed by atoms with Crippen LogP contribution in [0.3, 0.4) is 0 Å². The summed E-state index contributed by atoms with van der Waals surface area (Å²) in [7, 11) is 0. The summed E-state index contributed by atoms with van der Waals surface area (Å²) in [4.78, 5) is 13.5. The molecule has 0 aliphatic rings. The van der Waals surface area contributed by atoms with Crippen LogP contribution in [0, 0.1) is 0 Å². The Kier molecular flexibility index (Phi) is 10.6. The molecule has 5 nitrogen and oxygen atoms in total. The minimum absolute atomic E-state index is 0.512. The van der Waals surface area contributed by atoms with Crippen LogP contribution in [0.25, 0.3) is 44.6 Å². The fourth-order valence-electron chi connectivity index (χ4n) is 7.92. The van der Waals surface area contributed by atoms with Crippen molar-refractivity contribution in [1.82, 2.24) is 4.98 Å². The van der Waals surface area contributed by atoms with Gasteiger partial charge < -0.3 is 19.2 Å². The van der Waals surface area contributed by atoms with E-state index in [1.807, 2.05) is 54.8 Å². The number of nitrogens with one attached hydrogen (secondary N) is 1. The third kappa shape index (κ3) is 7.99. The van der Waals surface area contributed by atoms with Gasteiger partial charge in [0.25, 0.3) is 0 Å². The molecule has 62 heavy (non-hydrogen) atoms. The van der Waals surface area contributed by atoms with Crippen molar-refractivity contribution in [3.05, 3.63) is 254 Å². The van der Waals surface area contributed by atoms with Crippen molar-refractivity contribution < 1.29 is 4.42 Å². The molecule has 5 heteroatoms. The van der Waals surface area contributed by atoms with E-state index >= 15 is 0 Å². The summed E-state index contributed by atoms with van der Waals surface area (Å²) in [5.74, 6) is 0.713. The Bertz CT molecular complexity index is 3000. The van der Waals surface area contributed by atoms with Gasteiger partial charge in [0.2, 0.25) is 5.55 Å². The molecule has 0 fully saturated rings. The molecule has 0 atom stereocenters. The predicted molar refractivity (Wildman–Crippen MR) is 256 cm³/mol. The largest absolute Gasteiger partial charge is 0.445 e. The molecule has 1 N–H and O–H groups in total. The molecule has 10 rings (SSSR count). The minimum atomic E-state index is 0.512. The Balaban J connectivity index is 1.03. The van der Waals surface area contributed by atoms with E-state index in [2.05, 4.69) is 209 Å². The van der Waals surface area contributed by atoms with Gasteiger partial charge in [-0.05, 0) is 107 Å². The summed E-state index contributed by atoms with van der Waals surface area (Å²) in [5, 5.41) is 0. The van der Waals surface area contributed by atoms with E-state index in [0.717, 1.165) is 78.8 Å². The maximum Gasteiger partial charge on any atom is 0.228 e. The molecule has 10 aromatic rings. The van der Waals surface area contributed by atoms with Crippen LogP contribution in [0.15, 0.2) is 258 Å². The Morgan fingerprint density at radius 3 is 1.13 bits per heavy atom. The number of benzene rings is 8. The highest BCUT2D eigenvalue weighted by Gasteiger charge is 2.17. The van der Waals surface area contributed by atoms with Crippen molar-refractivity contribution in [2.24, 2.45) is 4.99 Å². The topological polar surface area (TPSA) is 47.8 Å². The smallest absolute Gasteiger partial charge is 0.228 e. The summed E-state index contributed by atoms with van der Waals surface area (Å²) in [6.45, 7) is 0. The molecule has 0 aliphatic heterocycles. The zero-order valence-electron chi connectivity index (χ0n) is 33.9. The maximum atomic E-state index is 6.55. The van der Waals surface area contributed by atoms with Crippen molar-refractivity contribution in [2.45, 2.75) is 0 Å². The number of H-pyrrole nitrogens is 1. The van der Waals surface area contributed by atoms with Crippen LogP contribution in [-0.2, 0) is 0 Å². The van der Waals surface area contributed by atoms with Gasteiger partial charge in [0.05, 0.1) is 0 Å². The van der Waals surface area contributed by atoms with Crippen LogP contribution in [-0.4, -0.2) is 4.98 Å². The molecule has 0 saturated carbocycles. The molecule has 2 heterocycles. The molecule has 8 aromatic carbocycles. The highest BCUT2D eigenvalue weighted by molar-refractivity contribution is 5.83. The fourth-order valence-corrected chi connectivity index (χ4v) is 7.92. The van der Waals surface area contributed by atoms with Crippen LogP contribution in [0.4, 0.5) is 39.9 Å². The number of hydrogen-bond acceptors (Lipinski definition) is 4. The lowest BCUT2D eigenvalue weighted by atomic mass is 10.0. The van der Waals surface area contributed by atoms with Crippen LogP contribution >= 0.6 is 0 Å². The van der Waals surface area contributed by atoms with Crippen molar-refractivity contribution in [1.29, 1.82) is 0 Å². The highest BCUT2D eigenvalue weighted by atomic mass is 16.3. The monoisotopic (exact) mass is 798 g/mol. The van der Waals surface area contributed by atoms with Crippen LogP contribution < -0.4 is 15.4 Å². The van der Waals surface area contributed by atoms with Gasteiger partial charge in [0.1, 0.15) is 12.1 Å². The number of nitrogens with zero attached hydrogens (tertiary/aromatic N) is 3. The first-order valence-electron chi connectivity index (χ1n) is 20.8. The quantitative estimate of drug-likeness (QED) is 0.142. The maximum absolute atomic E-state index is 6.55. The molecular weight excluding hydrogens is 757 g/mol. The molecule has 0 spiro atoms. The molecule has 0 amide bonds. The van der Waals surface area contributed by atoms with Crippen molar-refractivity contribution in [2.75, 3.05) is 9.80 Å². The SMILES string of the molecule is c1ccc(-c2cc(-c3ccc(N(c4ccccc4)c4ccccc4)cc3)[nH]c2/N=c2\occ(-c3ccc(N(c4ccccc4)c4ccccc4)cc3)cc2-c2ccccc2)cc1. The lowest BCUT2D eigenvalue weighted by Crippen LogP contribution is -2.09. The summed E-state index contributed by atoms with van der Waals surface area (Å²) in [6, 6.07) is 84.2. The Morgan fingerprint density at radius 1 is 0.323 bits per heavy atom. The number of hydrogen-bond donors (Lipinski definition) is 1. The lowest BCUT2D eigenvalue weighted by molar-refractivity contribution is 0.500. The van der Waals surface area contributed by atoms with Gasteiger partial charge in [0, 0.05) is 56.5 Å². The number of rotatable bonds is 11. The molecule has 0 unspecified atom stereocenters. The Hall–Kier alpha value is -8.41. The highest BCUT2D eigenvalue weighted by Crippen LogP contribution is 2.39. The van der Waals surface area contributed by atoms with Crippen LogP contribution in [0.5, 0.6) is 0 Å². The summed E-state index contributed by atoms with van der Waals surface area (Å²) in [6.07, 6.45) is 1.81. The first kappa shape index (κ1) is 37.8. The standard InChI is InChI=1S/C57H42N4O/c1-7-19-43(20-8-1)53-40-55(45-33-37-52(38-34-45)61(49-27-15-5-16-28-49)50-29-17-6-18-30-50)58-56(53)59-57-54(44-21-9-2-10-22-44)39-46(41-62-57)42-31-35-51(36-32-42)60(47-23-11-3-12-24-47)48-25-13-4-14-26-48/h1-41,58H/b59-57-. The third-order valence-corrected chi connectivity index (χ3v) is 11.0. The van der Waals surface area contributed by atoms with E-state index in [0.29, 0.717) is 11.4 Å². The van der Waals surface area contributed by atoms with E-state index in [4.69, 9.17) is 9.41 Å². The summed E-state index contributed by atoms with van der Waals surface area (Å²) >= 11 is 0. The summed E-state index contributed by atoms with van der Waals surface area (Å²) < 4.78 is 6.55. The van der Waals surface area contributed by atoms with Gasteiger partial charge in [-0.2, -0.15) is 4.99 Å². The molecule has 0 radical (unpaired) electrons. The predicted octanol–water partition coefficient (Wildman–Crippen LogP) is 15.4. The van der Waals surface area contributed by atoms with Gasteiger partial charge in [-0.1, -0.05) is 158 Å². The minimum Gasteiger partial charge on any atom is -0.445 e. The second-order valence-electron chi connectivity index (χ2n) is 15.0. The van der Waals surface area contributed by atoms with Gasteiger partial charge in [0.15, 0.2) is 0 Å². The van der Waals surface area contributed by atoms with Gasteiger partial charge >= 0.3 is 0 Å².